The second kappa shape index (κ2) is 8.80. The molecule has 0 fully saturated rings. The number of carbonyl (C=O) groups excluding carboxylic acids is 2. The molecule has 2 aliphatic carbocycles. The summed E-state index contributed by atoms with van der Waals surface area (Å²) >= 11 is 0. The van der Waals surface area contributed by atoms with E-state index in [1.165, 1.54) is 20.3 Å². The molecule has 4 atom stereocenters. The van der Waals surface area contributed by atoms with Crippen LogP contribution in [0.3, 0.4) is 0 Å². The molecule has 0 aromatic heterocycles. The Hall–Kier alpha value is -3.31. The van der Waals surface area contributed by atoms with Gasteiger partial charge in [-0.25, -0.2) is 4.79 Å². The Morgan fingerprint density at radius 3 is 2.52 bits per heavy atom. The SMILES string of the molecule is CC/C(C(=O)OC)=C(/OC)C1C#C/C=C\C#CC2N=C3C=CC(=O)C=C3C1C2C. The third-order valence-electron chi connectivity index (χ3n) is 5.37. The summed E-state index contributed by atoms with van der Waals surface area (Å²) in [6.45, 7) is 3.92. The fourth-order valence-electron chi connectivity index (χ4n) is 3.96. The summed E-state index contributed by atoms with van der Waals surface area (Å²) in [5.74, 6) is 11.7. The van der Waals surface area contributed by atoms with E-state index >= 15 is 0 Å². The molecular formula is C24H23NO4. The largest absolute Gasteiger partial charge is 0.499 e. The smallest absolute Gasteiger partial charge is 0.337 e. The second-order valence-electron chi connectivity index (χ2n) is 6.96. The zero-order chi connectivity index (χ0) is 21.0. The van der Waals surface area contributed by atoms with Gasteiger partial charge in [0.1, 0.15) is 11.8 Å². The molecule has 2 bridgehead atoms. The maximum absolute atomic E-state index is 12.4. The predicted octanol–water partition coefficient (Wildman–Crippen LogP) is 2.80. The van der Waals surface area contributed by atoms with Gasteiger partial charge in [-0.3, -0.25) is 9.79 Å². The van der Waals surface area contributed by atoms with Gasteiger partial charge in [-0.2, -0.15) is 0 Å². The van der Waals surface area contributed by atoms with Crippen LogP contribution in [0, 0.1) is 41.4 Å². The number of nitrogens with zero attached hydrogens (tertiary/aromatic N) is 1. The summed E-state index contributed by atoms with van der Waals surface area (Å²) in [5, 5.41) is 0. The Bertz CT molecular complexity index is 1000. The predicted molar refractivity (Wildman–Crippen MR) is 111 cm³/mol. The molecule has 0 amide bonds. The number of methoxy groups -OCH3 is 2. The molecule has 29 heavy (non-hydrogen) atoms. The summed E-state index contributed by atoms with van der Waals surface area (Å²) < 4.78 is 10.7. The van der Waals surface area contributed by atoms with Crippen molar-refractivity contribution in [2.45, 2.75) is 26.3 Å². The van der Waals surface area contributed by atoms with Crippen LogP contribution in [-0.2, 0) is 19.1 Å². The lowest BCUT2D eigenvalue weighted by Gasteiger charge is -2.38. The van der Waals surface area contributed by atoms with Gasteiger partial charge in [0.25, 0.3) is 0 Å². The van der Waals surface area contributed by atoms with E-state index in [1.807, 2.05) is 13.8 Å². The first-order valence-electron chi connectivity index (χ1n) is 9.56. The number of hydrogen-bond donors (Lipinski definition) is 0. The number of aliphatic imine (C=N–C) groups is 1. The number of ketones is 1. The lowest BCUT2D eigenvalue weighted by Crippen LogP contribution is -2.39. The molecule has 148 valence electrons. The standard InChI is InChI=1S/C24H23NO4/c1-5-17(24(27)29-4)23(28-3)18-10-8-6-7-9-11-20-15(2)22(18)19-14-16(26)12-13-21(19)25-20/h6-7,12-15,18,20,22H,5H2,1-4H3/b7-6-,23-17-. The molecule has 3 aliphatic rings. The molecule has 5 heteroatoms. The first kappa shape index (κ1) is 20.4. The molecule has 0 saturated heterocycles. The fourth-order valence-corrected chi connectivity index (χ4v) is 3.96. The van der Waals surface area contributed by atoms with Crippen molar-refractivity contribution in [3.05, 3.63) is 47.3 Å². The molecule has 4 unspecified atom stereocenters. The minimum Gasteiger partial charge on any atom is -0.499 e. The number of esters is 1. The van der Waals surface area contributed by atoms with Crippen LogP contribution in [-0.4, -0.2) is 37.7 Å². The van der Waals surface area contributed by atoms with E-state index in [2.05, 4.69) is 23.7 Å². The summed E-state index contributed by atoms with van der Waals surface area (Å²) in [4.78, 5) is 29.3. The Balaban J connectivity index is 2.26. The Morgan fingerprint density at radius 2 is 1.86 bits per heavy atom. The normalized spacial score (nSPS) is 28.8. The number of hydrogen-bond acceptors (Lipinski definition) is 5. The molecule has 1 heterocycles. The average Bonchev–Trinajstić information content (AvgIpc) is 2.72. The van der Waals surface area contributed by atoms with Crippen LogP contribution in [0.2, 0.25) is 0 Å². The Morgan fingerprint density at radius 1 is 1.14 bits per heavy atom. The van der Waals surface area contributed by atoms with Crippen molar-refractivity contribution in [3.63, 3.8) is 0 Å². The summed E-state index contributed by atoms with van der Waals surface area (Å²) in [5.41, 5.74) is 1.98. The summed E-state index contributed by atoms with van der Waals surface area (Å²) in [6, 6.07) is -0.252. The fraction of sp³-hybridized carbons (Fsp3) is 0.375. The van der Waals surface area contributed by atoms with E-state index < -0.39 is 11.9 Å². The number of rotatable bonds is 4. The second-order valence-corrected chi connectivity index (χ2v) is 6.96. The molecule has 0 saturated carbocycles. The van der Waals surface area contributed by atoms with E-state index in [-0.39, 0.29) is 23.7 Å². The number of carbonyl (C=O) groups is 2. The minimum absolute atomic E-state index is 0.0384. The van der Waals surface area contributed by atoms with Crippen molar-refractivity contribution in [1.82, 2.24) is 0 Å². The highest BCUT2D eigenvalue weighted by Crippen LogP contribution is 2.42. The van der Waals surface area contributed by atoms with Gasteiger partial charge in [-0.1, -0.05) is 37.5 Å². The van der Waals surface area contributed by atoms with Crippen molar-refractivity contribution < 1.29 is 19.1 Å². The zero-order valence-corrected chi connectivity index (χ0v) is 17.0. The van der Waals surface area contributed by atoms with Crippen LogP contribution in [0.5, 0.6) is 0 Å². The van der Waals surface area contributed by atoms with Crippen LogP contribution in [0.1, 0.15) is 20.3 Å². The molecule has 0 N–H and O–H groups in total. The highest BCUT2D eigenvalue weighted by Gasteiger charge is 2.42. The van der Waals surface area contributed by atoms with E-state index in [9.17, 15) is 9.59 Å². The van der Waals surface area contributed by atoms with Crippen molar-refractivity contribution in [1.29, 1.82) is 0 Å². The Kier molecular flexibility index (Phi) is 6.20. The maximum Gasteiger partial charge on any atom is 0.337 e. The van der Waals surface area contributed by atoms with Crippen molar-refractivity contribution >= 4 is 17.5 Å². The molecule has 5 nitrogen and oxygen atoms in total. The first-order chi connectivity index (χ1) is 14.0. The lowest BCUT2D eigenvalue weighted by atomic mass is 9.68. The van der Waals surface area contributed by atoms with Crippen LogP contribution in [0.4, 0.5) is 0 Å². The lowest BCUT2D eigenvalue weighted by molar-refractivity contribution is -0.136. The van der Waals surface area contributed by atoms with Gasteiger partial charge >= 0.3 is 5.97 Å². The number of ether oxygens (including phenoxy) is 2. The van der Waals surface area contributed by atoms with Crippen LogP contribution in [0.25, 0.3) is 0 Å². The van der Waals surface area contributed by atoms with Crippen molar-refractivity contribution in [2.24, 2.45) is 22.7 Å². The van der Waals surface area contributed by atoms with E-state index in [0.29, 0.717) is 17.8 Å². The monoisotopic (exact) mass is 389 g/mol. The van der Waals surface area contributed by atoms with Gasteiger partial charge in [-0.05, 0) is 48.3 Å². The van der Waals surface area contributed by atoms with E-state index in [4.69, 9.17) is 14.5 Å². The molecule has 0 spiro atoms. The first-order valence-corrected chi connectivity index (χ1v) is 9.56. The zero-order valence-electron chi connectivity index (χ0n) is 17.0. The third-order valence-corrected chi connectivity index (χ3v) is 5.37. The topological polar surface area (TPSA) is 65.0 Å². The molecule has 0 aromatic rings. The highest BCUT2D eigenvalue weighted by atomic mass is 16.5. The van der Waals surface area contributed by atoms with Gasteiger partial charge in [0.05, 0.1) is 31.4 Å². The maximum atomic E-state index is 12.4. The molecule has 0 aromatic carbocycles. The van der Waals surface area contributed by atoms with Crippen LogP contribution >= 0.6 is 0 Å². The van der Waals surface area contributed by atoms with Gasteiger partial charge in [0, 0.05) is 5.92 Å². The molecular weight excluding hydrogens is 366 g/mol. The Labute approximate surface area is 171 Å². The minimum atomic E-state index is -0.452. The van der Waals surface area contributed by atoms with Crippen LogP contribution < -0.4 is 0 Å². The van der Waals surface area contributed by atoms with Crippen LogP contribution in [0.15, 0.2) is 52.3 Å². The number of allylic oxidation sites excluding steroid dienone is 7. The van der Waals surface area contributed by atoms with Crippen molar-refractivity contribution in [3.8, 4) is 23.7 Å². The van der Waals surface area contributed by atoms with Gasteiger partial charge in [0.2, 0.25) is 0 Å². The van der Waals surface area contributed by atoms with Gasteiger partial charge < -0.3 is 9.47 Å². The third kappa shape index (κ3) is 3.96. The highest BCUT2D eigenvalue weighted by molar-refractivity contribution is 6.20. The average molecular weight is 389 g/mol. The number of fused-ring (bicyclic) bond motifs is 4. The van der Waals surface area contributed by atoms with Gasteiger partial charge in [0.15, 0.2) is 5.78 Å². The van der Waals surface area contributed by atoms with Gasteiger partial charge in [-0.15, -0.1) is 0 Å². The molecule has 0 radical (unpaired) electrons. The summed E-state index contributed by atoms with van der Waals surface area (Å²) in [7, 11) is 2.88. The quantitative estimate of drug-likeness (QED) is 0.244. The van der Waals surface area contributed by atoms with Crippen molar-refractivity contribution in [2.75, 3.05) is 14.2 Å². The van der Waals surface area contributed by atoms with E-state index in [1.54, 1.807) is 24.3 Å². The summed E-state index contributed by atoms with van der Waals surface area (Å²) in [6.07, 6.45) is 8.65. The van der Waals surface area contributed by atoms with E-state index in [0.717, 1.165) is 11.3 Å². The molecule has 3 rings (SSSR count). The molecule has 1 aliphatic heterocycles.